The Bertz CT molecular complexity index is 838. The van der Waals surface area contributed by atoms with Crippen molar-refractivity contribution < 1.29 is 4.74 Å². The number of hydrogen-bond donors (Lipinski definition) is 2. The molecule has 1 atom stereocenters. The first-order valence-electron chi connectivity index (χ1n) is 11.2. The molecule has 0 radical (unpaired) electrons. The van der Waals surface area contributed by atoms with Crippen molar-refractivity contribution in [2.75, 3.05) is 56.2 Å². The predicted octanol–water partition coefficient (Wildman–Crippen LogP) is 2.81. The minimum atomic E-state index is 0.251. The zero-order chi connectivity index (χ0) is 22.1. The number of aromatic nitrogens is 1. The fourth-order valence-electron chi connectivity index (χ4n) is 3.74. The van der Waals surface area contributed by atoms with E-state index in [4.69, 9.17) is 4.74 Å². The zero-order valence-electron chi connectivity index (χ0n) is 19.3. The molecular formula is C24H36N6O. The van der Waals surface area contributed by atoms with Gasteiger partial charge in [-0.25, -0.2) is 4.98 Å². The van der Waals surface area contributed by atoms with Gasteiger partial charge in [0.25, 0.3) is 0 Å². The van der Waals surface area contributed by atoms with Crippen molar-refractivity contribution in [2.24, 2.45) is 4.99 Å². The first-order valence-corrected chi connectivity index (χ1v) is 11.2. The molecule has 1 aromatic heterocycles. The quantitative estimate of drug-likeness (QED) is 0.502. The Balaban J connectivity index is 1.44. The molecule has 3 rings (SSSR count). The summed E-state index contributed by atoms with van der Waals surface area (Å²) in [6, 6.07) is 12.8. The van der Waals surface area contributed by atoms with Gasteiger partial charge < -0.3 is 25.2 Å². The lowest BCUT2D eigenvalue weighted by atomic mass is 10.2. The van der Waals surface area contributed by atoms with E-state index in [2.05, 4.69) is 87.6 Å². The topological polar surface area (TPSA) is 65.0 Å². The Morgan fingerprint density at radius 2 is 2.16 bits per heavy atom. The molecule has 1 saturated heterocycles. The third-order valence-electron chi connectivity index (χ3n) is 5.48. The summed E-state index contributed by atoms with van der Waals surface area (Å²) in [5.41, 5.74) is 3.67. The number of pyridine rings is 1. The van der Waals surface area contributed by atoms with Crippen LogP contribution in [0.5, 0.6) is 0 Å². The molecule has 31 heavy (non-hydrogen) atoms. The summed E-state index contributed by atoms with van der Waals surface area (Å²) in [6.07, 6.45) is 2.19. The second-order valence-corrected chi connectivity index (χ2v) is 7.92. The highest BCUT2D eigenvalue weighted by molar-refractivity contribution is 5.79. The van der Waals surface area contributed by atoms with Crippen LogP contribution in [0.1, 0.15) is 25.0 Å². The molecule has 0 saturated carbocycles. The van der Waals surface area contributed by atoms with Crippen molar-refractivity contribution in [1.82, 2.24) is 15.6 Å². The van der Waals surface area contributed by atoms with E-state index in [0.29, 0.717) is 6.54 Å². The maximum absolute atomic E-state index is 5.61. The molecule has 0 spiro atoms. The smallest absolute Gasteiger partial charge is 0.191 e. The second-order valence-electron chi connectivity index (χ2n) is 7.92. The molecule has 0 bridgehead atoms. The maximum Gasteiger partial charge on any atom is 0.191 e. The molecule has 168 valence electrons. The van der Waals surface area contributed by atoms with Crippen LogP contribution in [-0.2, 0) is 11.3 Å². The van der Waals surface area contributed by atoms with Crippen LogP contribution in [-0.4, -0.2) is 63.4 Å². The molecule has 2 heterocycles. The van der Waals surface area contributed by atoms with Gasteiger partial charge in [-0.15, -0.1) is 0 Å². The van der Waals surface area contributed by atoms with E-state index < -0.39 is 0 Å². The number of morpholine rings is 1. The monoisotopic (exact) mass is 424 g/mol. The minimum absolute atomic E-state index is 0.251. The second kappa shape index (κ2) is 11.6. The lowest BCUT2D eigenvalue weighted by Crippen LogP contribution is -2.42. The summed E-state index contributed by atoms with van der Waals surface area (Å²) in [4.78, 5) is 13.6. The van der Waals surface area contributed by atoms with E-state index in [9.17, 15) is 0 Å². The Morgan fingerprint density at radius 3 is 2.84 bits per heavy atom. The number of anilines is 2. The predicted molar refractivity (Wildman–Crippen MR) is 129 cm³/mol. The molecule has 1 aliphatic rings. The normalized spacial score (nSPS) is 16.8. The SMILES string of the molecule is CCN(CCNC(=NC)NCc1ccc(N2CCOC(C)C2)nc1)c1cccc(C)c1. The van der Waals surface area contributed by atoms with Crippen LogP contribution in [0.2, 0.25) is 0 Å². The van der Waals surface area contributed by atoms with Gasteiger partial charge in [-0.2, -0.15) is 0 Å². The van der Waals surface area contributed by atoms with Crippen molar-refractivity contribution in [3.63, 3.8) is 0 Å². The van der Waals surface area contributed by atoms with Gasteiger partial charge in [0.15, 0.2) is 5.96 Å². The Morgan fingerprint density at radius 1 is 1.29 bits per heavy atom. The van der Waals surface area contributed by atoms with Crippen molar-refractivity contribution >= 4 is 17.5 Å². The highest BCUT2D eigenvalue weighted by Gasteiger charge is 2.17. The summed E-state index contributed by atoms with van der Waals surface area (Å²) in [5, 5.41) is 6.79. The Hall–Kier alpha value is -2.80. The molecule has 7 heteroatoms. The van der Waals surface area contributed by atoms with Gasteiger partial charge >= 0.3 is 0 Å². The number of guanidine groups is 1. The molecule has 1 aliphatic heterocycles. The van der Waals surface area contributed by atoms with Crippen LogP contribution in [0, 0.1) is 6.92 Å². The molecule has 1 aromatic carbocycles. The number of hydrogen-bond acceptors (Lipinski definition) is 5. The van der Waals surface area contributed by atoms with E-state index in [0.717, 1.165) is 56.7 Å². The Kier molecular flexibility index (Phi) is 8.53. The van der Waals surface area contributed by atoms with Crippen LogP contribution in [0.3, 0.4) is 0 Å². The fraction of sp³-hybridized carbons (Fsp3) is 0.500. The van der Waals surface area contributed by atoms with Gasteiger partial charge in [-0.05, 0) is 50.1 Å². The molecule has 0 aliphatic carbocycles. The van der Waals surface area contributed by atoms with Gasteiger partial charge in [-0.3, -0.25) is 4.99 Å². The van der Waals surface area contributed by atoms with Crippen molar-refractivity contribution in [3.05, 3.63) is 53.7 Å². The van der Waals surface area contributed by atoms with Gasteiger partial charge in [0.2, 0.25) is 0 Å². The van der Waals surface area contributed by atoms with Gasteiger partial charge in [0, 0.05) is 58.2 Å². The average Bonchev–Trinajstić information content (AvgIpc) is 2.79. The summed E-state index contributed by atoms with van der Waals surface area (Å²) in [6.45, 7) is 12.3. The number of rotatable bonds is 8. The summed E-state index contributed by atoms with van der Waals surface area (Å²) >= 11 is 0. The van der Waals surface area contributed by atoms with E-state index >= 15 is 0 Å². The average molecular weight is 425 g/mol. The van der Waals surface area contributed by atoms with E-state index in [-0.39, 0.29) is 6.10 Å². The van der Waals surface area contributed by atoms with Gasteiger partial charge in [-0.1, -0.05) is 18.2 Å². The maximum atomic E-state index is 5.61. The number of nitrogens with zero attached hydrogens (tertiary/aromatic N) is 4. The van der Waals surface area contributed by atoms with Crippen LogP contribution in [0.4, 0.5) is 11.5 Å². The highest BCUT2D eigenvalue weighted by Crippen LogP contribution is 2.16. The highest BCUT2D eigenvalue weighted by atomic mass is 16.5. The summed E-state index contributed by atoms with van der Waals surface area (Å²) < 4.78 is 5.61. The standard InChI is InChI=1S/C24H36N6O/c1-5-29(22-8-6-7-19(2)15-22)12-11-26-24(25-4)28-17-21-9-10-23(27-16-21)30-13-14-31-20(3)18-30/h6-10,15-16,20H,5,11-14,17-18H2,1-4H3,(H2,25,26,28). The first-order chi connectivity index (χ1) is 15.1. The Labute approximate surface area is 186 Å². The van der Waals surface area contributed by atoms with Crippen LogP contribution in [0.25, 0.3) is 0 Å². The number of benzene rings is 1. The summed E-state index contributed by atoms with van der Waals surface area (Å²) in [7, 11) is 1.80. The number of likely N-dealkylation sites (N-methyl/N-ethyl adjacent to an activating group) is 1. The summed E-state index contributed by atoms with van der Waals surface area (Å²) in [5.74, 6) is 1.81. The largest absolute Gasteiger partial charge is 0.375 e. The lowest BCUT2D eigenvalue weighted by Gasteiger charge is -2.32. The molecule has 0 amide bonds. The van der Waals surface area contributed by atoms with E-state index in [1.807, 2.05) is 6.20 Å². The van der Waals surface area contributed by atoms with Crippen LogP contribution < -0.4 is 20.4 Å². The lowest BCUT2D eigenvalue weighted by molar-refractivity contribution is 0.0529. The van der Waals surface area contributed by atoms with Crippen molar-refractivity contribution in [3.8, 4) is 0 Å². The van der Waals surface area contributed by atoms with E-state index in [1.165, 1.54) is 11.3 Å². The van der Waals surface area contributed by atoms with Crippen LogP contribution in [0.15, 0.2) is 47.6 Å². The number of aliphatic imine (C=N–C) groups is 1. The van der Waals surface area contributed by atoms with Crippen LogP contribution >= 0.6 is 0 Å². The molecule has 2 aromatic rings. The van der Waals surface area contributed by atoms with Crippen molar-refractivity contribution in [2.45, 2.75) is 33.4 Å². The van der Waals surface area contributed by atoms with Gasteiger partial charge in [0.1, 0.15) is 5.82 Å². The first kappa shape index (κ1) is 22.9. The van der Waals surface area contributed by atoms with Gasteiger partial charge in [0.05, 0.1) is 12.7 Å². The van der Waals surface area contributed by atoms with Crippen molar-refractivity contribution in [1.29, 1.82) is 0 Å². The number of ether oxygens (including phenoxy) is 1. The number of aryl methyl sites for hydroxylation is 1. The molecule has 1 unspecified atom stereocenters. The molecule has 2 N–H and O–H groups in total. The fourth-order valence-corrected chi connectivity index (χ4v) is 3.74. The third kappa shape index (κ3) is 6.85. The minimum Gasteiger partial charge on any atom is -0.375 e. The third-order valence-corrected chi connectivity index (χ3v) is 5.48. The molecule has 1 fully saturated rings. The van der Waals surface area contributed by atoms with E-state index in [1.54, 1.807) is 7.05 Å². The number of nitrogens with one attached hydrogen (secondary N) is 2. The molecule has 7 nitrogen and oxygen atoms in total. The molecular weight excluding hydrogens is 388 g/mol. The zero-order valence-corrected chi connectivity index (χ0v) is 19.3.